The van der Waals surface area contributed by atoms with Gasteiger partial charge in [-0.3, -0.25) is 9.69 Å². The van der Waals surface area contributed by atoms with Crippen molar-refractivity contribution < 1.29 is 9.53 Å². The average molecular weight is 418 g/mol. The molecule has 3 aromatic carbocycles. The molecule has 0 aliphatic rings. The summed E-state index contributed by atoms with van der Waals surface area (Å²) in [5, 5.41) is 3.97. The van der Waals surface area contributed by atoms with Gasteiger partial charge in [-0.05, 0) is 50.4 Å². The van der Waals surface area contributed by atoms with E-state index in [9.17, 15) is 4.79 Å². The van der Waals surface area contributed by atoms with E-state index < -0.39 is 0 Å². The van der Waals surface area contributed by atoms with Crippen molar-refractivity contribution in [2.45, 2.75) is 13.0 Å². The molecule has 6 heteroatoms. The number of carbonyl (C=O) groups is 1. The lowest BCUT2D eigenvalue weighted by Gasteiger charge is -2.22. The Labute approximate surface area is 179 Å². The summed E-state index contributed by atoms with van der Waals surface area (Å²) < 4.78 is 7.09. The van der Waals surface area contributed by atoms with Crippen LogP contribution in [-0.4, -0.2) is 29.4 Å². The third kappa shape index (κ3) is 4.67. The molecule has 1 heterocycles. The largest absolute Gasteiger partial charge is 0.455 e. The van der Waals surface area contributed by atoms with Crippen molar-refractivity contribution in [1.82, 2.24) is 9.88 Å². The first-order valence-electron chi connectivity index (χ1n) is 9.77. The minimum Gasteiger partial charge on any atom is -0.455 e. The number of nitrogens with zero attached hydrogens (tertiary/aromatic N) is 2. The SMILES string of the molecule is CC(c1nc2ccccc2s1)N(C)CC(=O)Nc1ccccc1Oc1ccccc1. The van der Waals surface area contributed by atoms with E-state index in [4.69, 9.17) is 9.72 Å². The smallest absolute Gasteiger partial charge is 0.238 e. The average Bonchev–Trinajstić information content (AvgIpc) is 3.19. The minimum atomic E-state index is -0.102. The van der Waals surface area contributed by atoms with Crippen LogP contribution in [0.5, 0.6) is 11.5 Å². The van der Waals surface area contributed by atoms with Gasteiger partial charge in [-0.25, -0.2) is 4.98 Å². The zero-order chi connectivity index (χ0) is 20.9. The molecule has 30 heavy (non-hydrogen) atoms. The maximum absolute atomic E-state index is 12.7. The molecule has 1 N–H and O–H groups in total. The van der Waals surface area contributed by atoms with Gasteiger partial charge < -0.3 is 10.1 Å². The molecule has 0 bridgehead atoms. The number of aromatic nitrogens is 1. The summed E-state index contributed by atoms with van der Waals surface area (Å²) in [5.74, 6) is 1.23. The van der Waals surface area contributed by atoms with E-state index in [1.807, 2.05) is 84.7 Å². The number of hydrogen-bond donors (Lipinski definition) is 1. The number of fused-ring (bicyclic) bond motifs is 1. The van der Waals surface area contributed by atoms with Gasteiger partial charge in [-0.1, -0.05) is 42.5 Å². The van der Waals surface area contributed by atoms with E-state index in [1.165, 1.54) is 0 Å². The predicted molar refractivity (Wildman–Crippen MR) is 122 cm³/mol. The van der Waals surface area contributed by atoms with Crippen molar-refractivity contribution in [2.24, 2.45) is 0 Å². The monoisotopic (exact) mass is 417 g/mol. The zero-order valence-electron chi connectivity index (χ0n) is 16.9. The van der Waals surface area contributed by atoms with Crippen LogP contribution in [0.25, 0.3) is 10.2 Å². The fourth-order valence-electron chi connectivity index (χ4n) is 3.08. The van der Waals surface area contributed by atoms with Gasteiger partial charge in [0.2, 0.25) is 5.91 Å². The normalized spacial score (nSPS) is 12.1. The number of amides is 1. The Balaban J connectivity index is 1.42. The second-order valence-electron chi connectivity index (χ2n) is 7.07. The number of thiazole rings is 1. The summed E-state index contributed by atoms with van der Waals surface area (Å²) >= 11 is 1.66. The van der Waals surface area contributed by atoms with Crippen LogP contribution in [0.15, 0.2) is 78.9 Å². The molecule has 0 radical (unpaired) electrons. The van der Waals surface area contributed by atoms with Gasteiger partial charge in [0.05, 0.1) is 28.5 Å². The van der Waals surface area contributed by atoms with Crippen molar-refractivity contribution in [1.29, 1.82) is 0 Å². The van der Waals surface area contributed by atoms with Gasteiger partial charge in [0.25, 0.3) is 0 Å². The molecule has 1 unspecified atom stereocenters. The van der Waals surface area contributed by atoms with E-state index in [0.29, 0.717) is 11.4 Å². The Morgan fingerprint density at radius 1 is 1.03 bits per heavy atom. The van der Waals surface area contributed by atoms with Crippen LogP contribution >= 0.6 is 11.3 Å². The van der Waals surface area contributed by atoms with Crippen LogP contribution in [0.4, 0.5) is 5.69 Å². The van der Waals surface area contributed by atoms with Crippen LogP contribution in [0.1, 0.15) is 18.0 Å². The number of benzene rings is 3. The second-order valence-corrected chi connectivity index (χ2v) is 8.13. The van der Waals surface area contributed by atoms with Crippen molar-refractivity contribution in [3.05, 3.63) is 83.9 Å². The summed E-state index contributed by atoms with van der Waals surface area (Å²) in [4.78, 5) is 19.4. The number of nitrogens with one attached hydrogen (secondary N) is 1. The van der Waals surface area contributed by atoms with Crippen molar-refractivity contribution >= 4 is 33.1 Å². The summed E-state index contributed by atoms with van der Waals surface area (Å²) in [7, 11) is 1.93. The summed E-state index contributed by atoms with van der Waals surface area (Å²) in [6.45, 7) is 2.31. The highest BCUT2D eigenvalue weighted by Crippen LogP contribution is 2.30. The summed E-state index contributed by atoms with van der Waals surface area (Å²) in [6.07, 6.45) is 0. The van der Waals surface area contributed by atoms with E-state index in [1.54, 1.807) is 11.3 Å². The maximum atomic E-state index is 12.7. The van der Waals surface area contributed by atoms with Gasteiger partial charge in [0.15, 0.2) is 5.75 Å². The Kier molecular flexibility index (Phi) is 6.07. The molecule has 4 aromatic rings. The molecule has 0 saturated heterocycles. The standard InChI is InChI=1S/C24H23N3O2S/c1-17(24-26-20-13-7-9-15-22(20)30-24)27(2)16-23(28)25-19-12-6-8-14-21(19)29-18-10-4-3-5-11-18/h3-15,17H,16H2,1-2H3,(H,25,28). The van der Waals surface area contributed by atoms with E-state index >= 15 is 0 Å². The van der Waals surface area contributed by atoms with Crippen LogP contribution in [0, 0.1) is 0 Å². The molecule has 4 rings (SSSR count). The third-order valence-corrected chi connectivity index (χ3v) is 6.06. The van der Waals surface area contributed by atoms with Gasteiger partial charge in [-0.15, -0.1) is 11.3 Å². The molecule has 0 aliphatic heterocycles. The predicted octanol–water partition coefficient (Wildman–Crippen LogP) is 5.72. The molecular formula is C24H23N3O2S. The molecule has 0 aliphatic carbocycles. The van der Waals surface area contributed by atoms with Crippen LogP contribution in [0.3, 0.4) is 0 Å². The number of likely N-dealkylation sites (N-methyl/N-ethyl adjacent to an activating group) is 1. The van der Waals surface area contributed by atoms with Crippen molar-refractivity contribution in [3.63, 3.8) is 0 Å². The van der Waals surface area contributed by atoms with Crippen LogP contribution in [0.2, 0.25) is 0 Å². The molecule has 0 fully saturated rings. The van der Waals surface area contributed by atoms with Gasteiger partial charge >= 0.3 is 0 Å². The molecule has 5 nitrogen and oxygen atoms in total. The number of para-hydroxylation sites is 4. The molecule has 0 saturated carbocycles. The highest BCUT2D eigenvalue weighted by atomic mass is 32.1. The Morgan fingerprint density at radius 3 is 2.53 bits per heavy atom. The topological polar surface area (TPSA) is 54.5 Å². The lowest BCUT2D eigenvalue weighted by molar-refractivity contribution is -0.117. The van der Waals surface area contributed by atoms with E-state index in [-0.39, 0.29) is 18.5 Å². The highest BCUT2D eigenvalue weighted by Gasteiger charge is 2.19. The van der Waals surface area contributed by atoms with Gasteiger partial charge in [0.1, 0.15) is 10.8 Å². The first-order valence-corrected chi connectivity index (χ1v) is 10.6. The van der Waals surface area contributed by atoms with Crippen molar-refractivity contribution in [3.8, 4) is 11.5 Å². The molecule has 152 valence electrons. The quantitative estimate of drug-likeness (QED) is 0.418. The molecular weight excluding hydrogens is 394 g/mol. The number of hydrogen-bond acceptors (Lipinski definition) is 5. The first kappa shape index (κ1) is 20.1. The molecule has 0 spiro atoms. The zero-order valence-corrected chi connectivity index (χ0v) is 17.7. The van der Waals surface area contributed by atoms with Crippen LogP contribution < -0.4 is 10.1 Å². The summed E-state index contributed by atoms with van der Waals surface area (Å²) in [6, 6.07) is 25.1. The fourth-order valence-corrected chi connectivity index (χ4v) is 4.17. The fraction of sp³-hybridized carbons (Fsp3) is 0.167. The van der Waals surface area contributed by atoms with E-state index in [0.717, 1.165) is 21.0 Å². The molecule has 1 aromatic heterocycles. The Bertz CT molecular complexity index is 1110. The minimum absolute atomic E-state index is 0.0314. The number of anilines is 1. The maximum Gasteiger partial charge on any atom is 0.238 e. The van der Waals surface area contributed by atoms with Crippen LogP contribution in [-0.2, 0) is 4.79 Å². The first-order chi connectivity index (χ1) is 14.6. The van der Waals surface area contributed by atoms with Crippen molar-refractivity contribution in [2.75, 3.05) is 18.9 Å². The number of carbonyl (C=O) groups excluding carboxylic acids is 1. The molecule has 1 atom stereocenters. The van der Waals surface area contributed by atoms with Gasteiger partial charge in [-0.2, -0.15) is 0 Å². The molecule has 1 amide bonds. The Morgan fingerprint density at radius 2 is 1.73 bits per heavy atom. The second kappa shape index (κ2) is 9.07. The van der Waals surface area contributed by atoms with Gasteiger partial charge in [0, 0.05) is 0 Å². The highest BCUT2D eigenvalue weighted by molar-refractivity contribution is 7.18. The third-order valence-electron chi connectivity index (χ3n) is 4.85. The summed E-state index contributed by atoms with van der Waals surface area (Å²) in [5.41, 5.74) is 1.64. The number of rotatable bonds is 7. The lowest BCUT2D eigenvalue weighted by Crippen LogP contribution is -2.32. The lowest BCUT2D eigenvalue weighted by atomic mass is 10.2. The Hall–Kier alpha value is -3.22. The van der Waals surface area contributed by atoms with E-state index in [2.05, 4.69) is 18.3 Å². The number of ether oxygens (including phenoxy) is 1.